The van der Waals surface area contributed by atoms with Crippen LogP contribution in [0.15, 0.2) is 85.1 Å². The number of carbonyl (C=O) groups excluding carboxylic acids is 2. The quantitative estimate of drug-likeness (QED) is 0.293. The molecule has 5 rings (SSSR count). The van der Waals surface area contributed by atoms with Gasteiger partial charge in [0.05, 0.1) is 24.1 Å². The molecule has 3 aromatic carbocycles. The van der Waals surface area contributed by atoms with Gasteiger partial charge in [0.2, 0.25) is 11.9 Å². The van der Waals surface area contributed by atoms with E-state index in [4.69, 9.17) is 14.5 Å². The molecule has 1 aliphatic heterocycles. The molecule has 1 N–H and O–H groups in total. The fourth-order valence-electron chi connectivity index (χ4n) is 4.67. The maximum absolute atomic E-state index is 13.5. The molecule has 1 fully saturated rings. The van der Waals surface area contributed by atoms with Crippen LogP contribution in [0.4, 0.5) is 10.3 Å². The van der Waals surface area contributed by atoms with Gasteiger partial charge in [0.15, 0.2) is 0 Å². The summed E-state index contributed by atoms with van der Waals surface area (Å²) in [6, 6.07) is 22.5. The summed E-state index contributed by atoms with van der Waals surface area (Å²) in [6.07, 6.45) is 3.39. The third-order valence-corrected chi connectivity index (χ3v) is 6.59. The first-order valence-corrected chi connectivity index (χ1v) is 13.3. The highest BCUT2D eigenvalue weighted by Gasteiger charge is 2.26. The Kier molecular flexibility index (Phi) is 8.51. The Bertz CT molecular complexity index is 1450. The Morgan fingerprint density at radius 2 is 1.90 bits per heavy atom. The molecule has 0 saturated carbocycles. The van der Waals surface area contributed by atoms with E-state index in [-0.39, 0.29) is 25.1 Å². The number of halogens is 1. The minimum Gasteiger partial charge on any atom is -0.494 e. The van der Waals surface area contributed by atoms with Crippen LogP contribution in [0.1, 0.15) is 30.1 Å². The molecule has 1 aliphatic rings. The monoisotopic (exact) mass is 542 g/mol. The number of aromatic nitrogens is 2. The Balaban J connectivity index is 1.42. The molecule has 9 heteroatoms. The lowest BCUT2D eigenvalue weighted by Gasteiger charge is -2.25. The smallest absolute Gasteiger partial charge is 0.254 e. The Morgan fingerprint density at radius 1 is 1.10 bits per heavy atom. The summed E-state index contributed by atoms with van der Waals surface area (Å²) in [7, 11) is 0. The largest absolute Gasteiger partial charge is 0.494 e. The summed E-state index contributed by atoms with van der Waals surface area (Å²) in [5.74, 6) is -0.220. The molecule has 0 bridgehead atoms. The van der Waals surface area contributed by atoms with Crippen molar-refractivity contribution >= 4 is 17.8 Å². The van der Waals surface area contributed by atoms with Gasteiger partial charge >= 0.3 is 0 Å². The number of benzene rings is 3. The SMILES string of the molecule is CCOc1cccc(-n2cc(-c3ccccc3)nc2NC(=O)CN(CC2CCCO2)C(=O)c2ccc(F)cc2)c1. The molecular weight excluding hydrogens is 511 g/mol. The molecule has 206 valence electrons. The first-order chi connectivity index (χ1) is 19.5. The van der Waals surface area contributed by atoms with Crippen LogP contribution >= 0.6 is 0 Å². The van der Waals surface area contributed by atoms with Crippen LogP contribution in [0.5, 0.6) is 5.75 Å². The van der Waals surface area contributed by atoms with Gasteiger partial charge in [-0.25, -0.2) is 9.37 Å². The van der Waals surface area contributed by atoms with Crippen molar-refractivity contribution in [2.24, 2.45) is 0 Å². The molecule has 8 nitrogen and oxygen atoms in total. The van der Waals surface area contributed by atoms with Crippen LogP contribution in [0.2, 0.25) is 0 Å². The molecular formula is C31H31FN4O4. The highest BCUT2D eigenvalue weighted by atomic mass is 19.1. The van der Waals surface area contributed by atoms with Gasteiger partial charge in [-0.15, -0.1) is 0 Å². The van der Waals surface area contributed by atoms with Gasteiger partial charge in [0, 0.05) is 36.5 Å². The molecule has 2 amide bonds. The summed E-state index contributed by atoms with van der Waals surface area (Å²) in [6.45, 7) is 3.09. The van der Waals surface area contributed by atoms with E-state index in [1.54, 1.807) is 4.57 Å². The molecule has 0 spiro atoms. The summed E-state index contributed by atoms with van der Waals surface area (Å²) in [5.41, 5.74) is 2.63. The Morgan fingerprint density at radius 3 is 2.62 bits per heavy atom. The predicted octanol–water partition coefficient (Wildman–Crippen LogP) is 5.34. The minimum absolute atomic E-state index is 0.162. The van der Waals surface area contributed by atoms with Gasteiger partial charge in [-0.05, 0) is 56.2 Å². The molecule has 40 heavy (non-hydrogen) atoms. The van der Waals surface area contributed by atoms with Crippen LogP contribution in [0.3, 0.4) is 0 Å². The van der Waals surface area contributed by atoms with E-state index >= 15 is 0 Å². The van der Waals surface area contributed by atoms with E-state index in [1.165, 1.54) is 29.2 Å². The predicted molar refractivity (Wildman–Crippen MR) is 150 cm³/mol. The third kappa shape index (κ3) is 6.55. The van der Waals surface area contributed by atoms with Gasteiger partial charge in [0.25, 0.3) is 5.91 Å². The molecule has 1 unspecified atom stereocenters. The van der Waals surface area contributed by atoms with Crippen molar-refractivity contribution in [2.45, 2.75) is 25.9 Å². The van der Waals surface area contributed by atoms with Crippen LogP contribution in [-0.4, -0.2) is 58.7 Å². The number of carbonyl (C=O) groups is 2. The Labute approximate surface area is 232 Å². The van der Waals surface area contributed by atoms with Crippen molar-refractivity contribution < 1.29 is 23.5 Å². The van der Waals surface area contributed by atoms with E-state index in [9.17, 15) is 14.0 Å². The van der Waals surface area contributed by atoms with Gasteiger partial charge in [-0.1, -0.05) is 36.4 Å². The summed E-state index contributed by atoms with van der Waals surface area (Å²) in [4.78, 5) is 32.9. The van der Waals surface area contributed by atoms with Gasteiger partial charge < -0.3 is 14.4 Å². The minimum atomic E-state index is -0.436. The maximum Gasteiger partial charge on any atom is 0.254 e. The zero-order chi connectivity index (χ0) is 27.9. The third-order valence-electron chi connectivity index (χ3n) is 6.59. The standard InChI is InChI=1S/C31H31FN4O4/c1-2-39-26-11-6-10-25(18-26)36-20-28(22-8-4-3-5-9-22)33-31(36)34-29(37)21-35(19-27-12-7-17-40-27)30(38)23-13-15-24(32)16-14-23/h3-6,8-11,13-16,18,20,27H,2,7,12,17,19,21H2,1H3,(H,33,34,37). The molecule has 0 aliphatic carbocycles. The van der Waals surface area contributed by atoms with Crippen molar-refractivity contribution in [1.29, 1.82) is 0 Å². The molecule has 1 saturated heterocycles. The number of hydrogen-bond acceptors (Lipinski definition) is 5. The average molecular weight is 543 g/mol. The van der Waals surface area contributed by atoms with Gasteiger partial charge in [0.1, 0.15) is 18.1 Å². The van der Waals surface area contributed by atoms with E-state index in [0.717, 1.165) is 24.1 Å². The molecule has 0 radical (unpaired) electrons. The summed E-state index contributed by atoms with van der Waals surface area (Å²) < 4.78 is 26.7. The van der Waals surface area contributed by atoms with Crippen LogP contribution in [0.25, 0.3) is 16.9 Å². The van der Waals surface area contributed by atoms with Crippen molar-refractivity contribution in [3.63, 3.8) is 0 Å². The first kappa shape index (κ1) is 27.1. The summed E-state index contributed by atoms with van der Waals surface area (Å²) >= 11 is 0. The number of ether oxygens (including phenoxy) is 2. The molecule has 1 aromatic heterocycles. The second-order valence-electron chi connectivity index (χ2n) is 9.49. The number of imidazole rings is 1. The molecule has 4 aromatic rings. The van der Waals surface area contributed by atoms with Crippen molar-refractivity contribution in [3.8, 4) is 22.7 Å². The maximum atomic E-state index is 13.5. The lowest BCUT2D eigenvalue weighted by atomic mass is 10.1. The van der Waals surface area contributed by atoms with Gasteiger partial charge in [-0.3, -0.25) is 19.5 Å². The highest BCUT2D eigenvalue weighted by Crippen LogP contribution is 2.26. The highest BCUT2D eigenvalue weighted by molar-refractivity contribution is 5.99. The van der Waals surface area contributed by atoms with Crippen LogP contribution in [-0.2, 0) is 9.53 Å². The van der Waals surface area contributed by atoms with Crippen molar-refractivity contribution in [1.82, 2.24) is 14.5 Å². The van der Waals surface area contributed by atoms with E-state index < -0.39 is 11.7 Å². The zero-order valence-electron chi connectivity index (χ0n) is 22.3. The van der Waals surface area contributed by atoms with Crippen molar-refractivity contribution in [3.05, 3.63) is 96.4 Å². The second-order valence-corrected chi connectivity index (χ2v) is 9.49. The number of amides is 2. The summed E-state index contributed by atoms with van der Waals surface area (Å²) in [5, 5.41) is 2.90. The van der Waals surface area contributed by atoms with E-state index in [2.05, 4.69) is 5.32 Å². The number of rotatable bonds is 10. The number of hydrogen-bond donors (Lipinski definition) is 1. The first-order valence-electron chi connectivity index (χ1n) is 13.3. The molecule has 1 atom stereocenters. The zero-order valence-corrected chi connectivity index (χ0v) is 22.3. The fourth-order valence-corrected chi connectivity index (χ4v) is 4.67. The number of nitrogens with one attached hydrogen (secondary N) is 1. The number of anilines is 1. The van der Waals surface area contributed by atoms with Crippen LogP contribution < -0.4 is 10.1 Å². The lowest BCUT2D eigenvalue weighted by molar-refractivity contribution is -0.117. The second kappa shape index (κ2) is 12.6. The van der Waals surface area contributed by atoms with Gasteiger partial charge in [-0.2, -0.15) is 0 Å². The van der Waals surface area contributed by atoms with Crippen LogP contribution in [0, 0.1) is 5.82 Å². The van der Waals surface area contributed by atoms with E-state index in [0.29, 0.717) is 36.2 Å². The topological polar surface area (TPSA) is 85.7 Å². The lowest BCUT2D eigenvalue weighted by Crippen LogP contribution is -2.42. The average Bonchev–Trinajstić information content (AvgIpc) is 3.64. The van der Waals surface area contributed by atoms with Crippen molar-refractivity contribution in [2.75, 3.05) is 31.6 Å². The molecule has 2 heterocycles. The fraction of sp³-hybridized carbons (Fsp3) is 0.258. The van der Waals surface area contributed by atoms with E-state index in [1.807, 2.05) is 67.7 Å². The normalized spacial score (nSPS) is 14.6. The number of nitrogens with zero attached hydrogens (tertiary/aromatic N) is 3. The Hall–Kier alpha value is -4.50.